The van der Waals surface area contributed by atoms with E-state index in [2.05, 4.69) is 10.6 Å². The van der Waals surface area contributed by atoms with Crippen LogP contribution in [0.5, 0.6) is 5.75 Å². The first-order valence-corrected chi connectivity index (χ1v) is 13.1. The Morgan fingerprint density at radius 2 is 1.83 bits per heavy atom. The van der Waals surface area contributed by atoms with Gasteiger partial charge in [0.25, 0.3) is 0 Å². The average Bonchev–Trinajstić information content (AvgIpc) is 3.45. The first-order valence-electron chi connectivity index (χ1n) is 13.1. The molecule has 2 bridgehead atoms. The zero-order valence-electron chi connectivity index (χ0n) is 20.1. The van der Waals surface area contributed by atoms with E-state index < -0.39 is 29.6 Å². The van der Waals surface area contributed by atoms with E-state index in [1.165, 1.54) is 6.42 Å². The summed E-state index contributed by atoms with van der Waals surface area (Å²) in [5.41, 5.74) is -0.445. The predicted molar refractivity (Wildman–Crippen MR) is 129 cm³/mol. The zero-order valence-corrected chi connectivity index (χ0v) is 20.1. The van der Waals surface area contributed by atoms with Gasteiger partial charge in [-0.3, -0.25) is 14.4 Å². The third-order valence-corrected chi connectivity index (χ3v) is 8.19. The van der Waals surface area contributed by atoms with Crippen LogP contribution in [0, 0.1) is 11.8 Å². The van der Waals surface area contributed by atoms with Crippen molar-refractivity contribution in [2.75, 3.05) is 11.9 Å². The second kappa shape index (κ2) is 8.66. The van der Waals surface area contributed by atoms with Gasteiger partial charge in [-0.15, -0.1) is 0 Å². The number of hydrogen-bond donors (Lipinski definition) is 2. The number of carbonyl (C=O) groups is 3. The lowest BCUT2D eigenvalue weighted by atomic mass is 9.74. The van der Waals surface area contributed by atoms with Crippen LogP contribution in [0.2, 0.25) is 0 Å². The van der Waals surface area contributed by atoms with E-state index in [-0.39, 0.29) is 29.8 Å². The van der Waals surface area contributed by atoms with Crippen molar-refractivity contribution in [2.45, 2.75) is 81.7 Å². The number of hydrogen-bond acceptors (Lipinski definition) is 5. The molecule has 0 aromatic heterocycles. The van der Waals surface area contributed by atoms with Gasteiger partial charge in [-0.25, -0.2) is 0 Å². The molecule has 0 unspecified atom stereocenters. The van der Waals surface area contributed by atoms with Crippen molar-refractivity contribution in [3.05, 3.63) is 36.4 Å². The second-order valence-corrected chi connectivity index (χ2v) is 10.5. The number of carbonyl (C=O) groups excluding carboxylic acids is 3. The highest BCUT2D eigenvalue weighted by Crippen LogP contribution is 2.57. The van der Waals surface area contributed by atoms with Crippen molar-refractivity contribution in [2.24, 2.45) is 11.8 Å². The van der Waals surface area contributed by atoms with Gasteiger partial charge in [-0.2, -0.15) is 0 Å². The number of benzene rings is 1. The topological polar surface area (TPSA) is 97.0 Å². The molecule has 8 heteroatoms. The number of fused-ring (bicyclic) bond motifs is 1. The van der Waals surface area contributed by atoms with Crippen LogP contribution in [-0.2, 0) is 19.1 Å². The minimum Gasteiger partial charge on any atom is -0.494 e. The molecule has 2 saturated heterocycles. The lowest BCUT2D eigenvalue weighted by molar-refractivity contribution is -0.142. The first-order chi connectivity index (χ1) is 17.0. The van der Waals surface area contributed by atoms with Gasteiger partial charge < -0.3 is 25.0 Å². The van der Waals surface area contributed by atoms with Crippen LogP contribution in [0.25, 0.3) is 0 Å². The van der Waals surface area contributed by atoms with E-state index in [0.717, 1.165) is 44.3 Å². The third-order valence-electron chi connectivity index (χ3n) is 8.19. The van der Waals surface area contributed by atoms with Crippen LogP contribution in [0.4, 0.5) is 5.69 Å². The quantitative estimate of drug-likeness (QED) is 0.587. The van der Waals surface area contributed by atoms with E-state index >= 15 is 0 Å². The minimum absolute atomic E-state index is 0.0513. The number of likely N-dealkylation sites (tertiary alicyclic amines) is 1. The van der Waals surface area contributed by atoms with Gasteiger partial charge in [-0.05, 0) is 56.9 Å². The normalized spacial score (nSPS) is 33.6. The Bertz CT molecular complexity index is 1050. The molecule has 1 spiro atoms. The third kappa shape index (κ3) is 3.73. The Morgan fingerprint density at radius 3 is 2.51 bits per heavy atom. The van der Waals surface area contributed by atoms with Crippen molar-refractivity contribution >= 4 is 23.4 Å². The summed E-state index contributed by atoms with van der Waals surface area (Å²) in [6.07, 6.45) is 10.4. The molecule has 186 valence electrons. The molecular formula is C27H33N3O5. The summed E-state index contributed by atoms with van der Waals surface area (Å²) >= 11 is 0. The Balaban J connectivity index is 1.25. The summed E-state index contributed by atoms with van der Waals surface area (Å²) in [5.74, 6) is -1.16. The Kier molecular flexibility index (Phi) is 5.59. The van der Waals surface area contributed by atoms with Crippen LogP contribution in [0.1, 0.15) is 51.9 Å². The van der Waals surface area contributed by atoms with E-state index in [4.69, 9.17) is 9.47 Å². The molecule has 8 nitrogen and oxygen atoms in total. The van der Waals surface area contributed by atoms with Crippen LogP contribution < -0.4 is 15.4 Å². The summed E-state index contributed by atoms with van der Waals surface area (Å²) in [6, 6.07) is 6.66. The smallest absolute Gasteiger partial charge is 0.246 e. The average molecular weight is 480 g/mol. The fraction of sp³-hybridized carbons (Fsp3) is 0.593. The fourth-order valence-corrected chi connectivity index (χ4v) is 6.51. The summed E-state index contributed by atoms with van der Waals surface area (Å²) < 4.78 is 11.9. The molecule has 35 heavy (non-hydrogen) atoms. The first kappa shape index (κ1) is 22.6. The van der Waals surface area contributed by atoms with Gasteiger partial charge in [-0.1, -0.05) is 31.4 Å². The molecular weight excluding hydrogens is 446 g/mol. The van der Waals surface area contributed by atoms with Crippen LogP contribution in [-0.4, -0.2) is 59.1 Å². The second-order valence-electron chi connectivity index (χ2n) is 10.5. The van der Waals surface area contributed by atoms with Gasteiger partial charge in [0.1, 0.15) is 17.4 Å². The van der Waals surface area contributed by atoms with Crippen molar-refractivity contribution in [3.63, 3.8) is 0 Å². The maximum Gasteiger partial charge on any atom is 0.246 e. The van der Waals surface area contributed by atoms with E-state index in [9.17, 15) is 14.4 Å². The van der Waals surface area contributed by atoms with Gasteiger partial charge >= 0.3 is 0 Å². The molecule has 0 radical (unpaired) electrons. The fourth-order valence-electron chi connectivity index (χ4n) is 6.51. The number of nitrogens with zero attached hydrogens (tertiary/aromatic N) is 1. The summed E-state index contributed by atoms with van der Waals surface area (Å²) in [4.78, 5) is 42.6. The molecule has 2 saturated carbocycles. The van der Waals surface area contributed by atoms with Crippen LogP contribution >= 0.6 is 0 Å². The highest BCUT2D eigenvalue weighted by atomic mass is 16.5. The van der Waals surface area contributed by atoms with Gasteiger partial charge in [0.15, 0.2) is 0 Å². The summed E-state index contributed by atoms with van der Waals surface area (Å²) in [6.45, 7) is 2.48. The summed E-state index contributed by atoms with van der Waals surface area (Å²) in [7, 11) is 0. The molecule has 3 amide bonds. The van der Waals surface area contributed by atoms with Crippen molar-refractivity contribution < 1.29 is 23.9 Å². The number of ether oxygens (including phenoxy) is 2. The van der Waals surface area contributed by atoms with E-state index in [1.807, 2.05) is 19.1 Å². The van der Waals surface area contributed by atoms with Crippen molar-refractivity contribution in [1.82, 2.24) is 10.2 Å². The molecule has 4 fully saturated rings. The maximum absolute atomic E-state index is 13.8. The molecule has 3 heterocycles. The molecule has 5 aliphatic rings. The Morgan fingerprint density at radius 1 is 1.09 bits per heavy atom. The SMILES string of the molecule is CCOc1ccc(NC(=O)[C@H]2[C@@H]3C=C[C@]4(O3)[C@@H]2C(=O)N(C2CC2)[C@H]4C(=O)NC2CCCCC2)cc1. The van der Waals surface area contributed by atoms with Crippen molar-refractivity contribution in [1.29, 1.82) is 0 Å². The maximum atomic E-state index is 13.8. The molecule has 1 aromatic carbocycles. The van der Waals surface area contributed by atoms with E-state index in [0.29, 0.717) is 12.3 Å². The molecule has 2 N–H and O–H groups in total. The standard InChI is InChI=1S/C27H33N3O5/c1-2-34-19-12-8-17(9-13-19)28-24(31)21-20-14-15-27(35-20)22(21)26(33)30(18-10-11-18)23(27)25(32)29-16-6-4-3-5-7-16/h8-9,12-16,18,20-23H,2-7,10-11H2,1H3,(H,28,31)(H,29,32)/t20-,21-,22-,23-,27-/m0/s1. The lowest BCUT2D eigenvalue weighted by Crippen LogP contribution is -2.57. The van der Waals surface area contributed by atoms with Crippen LogP contribution in [0.3, 0.4) is 0 Å². The Hall–Kier alpha value is -2.87. The number of nitrogens with one attached hydrogen (secondary N) is 2. The lowest BCUT2D eigenvalue weighted by Gasteiger charge is -2.34. The van der Waals surface area contributed by atoms with Crippen molar-refractivity contribution in [3.8, 4) is 5.75 Å². The molecule has 1 aromatic rings. The zero-order chi connectivity index (χ0) is 24.2. The molecule has 2 aliphatic carbocycles. The number of rotatable bonds is 7. The molecule has 5 atom stereocenters. The number of anilines is 1. The highest BCUT2D eigenvalue weighted by molar-refractivity contribution is 6.03. The Labute approximate surface area is 205 Å². The van der Waals surface area contributed by atoms with Gasteiger partial charge in [0.2, 0.25) is 17.7 Å². The largest absolute Gasteiger partial charge is 0.494 e. The predicted octanol–water partition coefficient (Wildman–Crippen LogP) is 2.79. The van der Waals surface area contributed by atoms with Gasteiger partial charge in [0.05, 0.1) is 24.5 Å². The minimum atomic E-state index is -1.08. The van der Waals surface area contributed by atoms with Gasteiger partial charge in [0, 0.05) is 17.8 Å². The van der Waals surface area contributed by atoms with Crippen LogP contribution in [0.15, 0.2) is 36.4 Å². The monoisotopic (exact) mass is 479 g/mol. The molecule has 6 rings (SSSR count). The highest BCUT2D eigenvalue weighted by Gasteiger charge is 2.74. The number of amides is 3. The summed E-state index contributed by atoms with van der Waals surface area (Å²) in [5, 5.41) is 6.18. The van der Waals surface area contributed by atoms with E-state index in [1.54, 1.807) is 29.2 Å². The molecule has 3 aliphatic heterocycles.